The number of rotatable bonds is 5. The summed E-state index contributed by atoms with van der Waals surface area (Å²) in [5.41, 5.74) is 1.15. The molecule has 0 heterocycles. The van der Waals surface area contributed by atoms with Crippen LogP contribution in [0.5, 0.6) is 5.75 Å². The predicted molar refractivity (Wildman–Crippen MR) is 77.6 cm³/mol. The first-order chi connectivity index (χ1) is 9.63. The van der Waals surface area contributed by atoms with E-state index in [1.807, 2.05) is 12.1 Å². The maximum absolute atomic E-state index is 13.7. The summed E-state index contributed by atoms with van der Waals surface area (Å²) >= 11 is 0. The van der Waals surface area contributed by atoms with Crippen molar-refractivity contribution >= 4 is 5.69 Å². The van der Waals surface area contributed by atoms with Crippen LogP contribution in [0.1, 0.15) is 11.7 Å². The quantitative estimate of drug-likeness (QED) is 0.910. The maximum Gasteiger partial charge on any atom is 0.146 e. The summed E-state index contributed by atoms with van der Waals surface area (Å²) in [7, 11) is 3.31. The number of likely N-dealkylation sites (N-methyl/N-ethyl adjacent to an activating group) is 1. The van der Waals surface area contributed by atoms with Crippen molar-refractivity contribution in [2.24, 2.45) is 0 Å². The van der Waals surface area contributed by atoms with Crippen LogP contribution in [0.15, 0.2) is 48.5 Å². The predicted octanol–water partition coefficient (Wildman–Crippen LogP) is 3.00. The van der Waals surface area contributed by atoms with Gasteiger partial charge in [-0.2, -0.15) is 0 Å². The van der Waals surface area contributed by atoms with Crippen molar-refractivity contribution in [3.8, 4) is 5.75 Å². The fourth-order valence-corrected chi connectivity index (χ4v) is 2.16. The minimum Gasteiger partial charge on any atom is -0.496 e. The standard InChI is InChI=1S/C16H18FNO2/c1-18(14-9-5-4-8-13(14)17)11-15(19)12-7-3-6-10-16(12)20-2/h3-10,15,19H,11H2,1-2H3. The Bertz CT molecular complexity index is 574. The van der Waals surface area contributed by atoms with E-state index in [0.717, 1.165) is 0 Å². The number of benzene rings is 2. The molecule has 0 saturated carbocycles. The lowest BCUT2D eigenvalue weighted by Gasteiger charge is -2.24. The Balaban J connectivity index is 2.15. The second kappa shape index (κ2) is 6.39. The highest BCUT2D eigenvalue weighted by molar-refractivity contribution is 5.47. The first kappa shape index (κ1) is 14.3. The summed E-state index contributed by atoms with van der Waals surface area (Å²) in [6.07, 6.45) is -0.754. The number of nitrogens with zero attached hydrogens (tertiary/aromatic N) is 1. The first-order valence-corrected chi connectivity index (χ1v) is 6.40. The normalized spacial score (nSPS) is 12.0. The molecule has 0 radical (unpaired) electrons. The molecule has 3 nitrogen and oxygen atoms in total. The molecular weight excluding hydrogens is 257 g/mol. The lowest BCUT2D eigenvalue weighted by atomic mass is 10.1. The van der Waals surface area contributed by atoms with Gasteiger partial charge in [0.1, 0.15) is 11.6 Å². The molecule has 0 bridgehead atoms. The van der Waals surface area contributed by atoms with Crippen molar-refractivity contribution in [2.75, 3.05) is 25.6 Å². The summed E-state index contributed by atoms with van der Waals surface area (Å²) in [6, 6.07) is 13.8. The molecule has 0 saturated heterocycles. The number of hydrogen-bond acceptors (Lipinski definition) is 3. The lowest BCUT2D eigenvalue weighted by molar-refractivity contribution is 0.180. The molecule has 0 fully saturated rings. The van der Waals surface area contributed by atoms with Crippen molar-refractivity contribution < 1.29 is 14.2 Å². The summed E-state index contributed by atoms with van der Waals surface area (Å²) in [4.78, 5) is 1.69. The minimum absolute atomic E-state index is 0.279. The first-order valence-electron chi connectivity index (χ1n) is 6.40. The third kappa shape index (κ3) is 3.08. The zero-order chi connectivity index (χ0) is 14.5. The fraction of sp³-hybridized carbons (Fsp3) is 0.250. The van der Waals surface area contributed by atoms with Crippen molar-refractivity contribution in [1.82, 2.24) is 0 Å². The van der Waals surface area contributed by atoms with Crippen LogP contribution >= 0.6 is 0 Å². The number of para-hydroxylation sites is 2. The van der Waals surface area contributed by atoms with Gasteiger partial charge in [-0.1, -0.05) is 30.3 Å². The molecule has 0 aromatic heterocycles. The molecule has 2 aromatic carbocycles. The Morgan fingerprint density at radius 3 is 2.50 bits per heavy atom. The van der Waals surface area contributed by atoms with Gasteiger partial charge >= 0.3 is 0 Å². The average molecular weight is 275 g/mol. The van der Waals surface area contributed by atoms with E-state index in [1.165, 1.54) is 6.07 Å². The van der Waals surface area contributed by atoms with Crippen molar-refractivity contribution in [3.05, 3.63) is 59.9 Å². The number of anilines is 1. The molecule has 4 heteroatoms. The topological polar surface area (TPSA) is 32.7 Å². The molecule has 0 aliphatic rings. The van der Waals surface area contributed by atoms with Gasteiger partial charge in [-0.05, 0) is 18.2 Å². The SMILES string of the molecule is COc1ccccc1C(O)CN(C)c1ccccc1F. The Kier molecular flexibility index (Phi) is 4.58. The molecule has 2 rings (SSSR count). The number of ether oxygens (including phenoxy) is 1. The number of hydrogen-bond donors (Lipinski definition) is 1. The van der Waals surface area contributed by atoms with E-state index in [2.05, 4.69) is 0 Å². The van der Waals surface area contributed by atoms with Crippen LogP contribution in [-0.4, -0.2) is 25.8 Å². The molecule has 1 N–H and O–H groups in total. The fourth-order valence-electron chi connectivity index (χ4n) is 2.16. The molecule has 106 valence electrons. The third-order valence-corrected chi connectivity index (χ3v) is 3.21. The summed E-state index contributed by atoms with van der Waals surface area (Å²) in [5.74, 6) is 0.323. The molecular formula is C16H18FNO2. The summed E-state index contributed by atoms with van der Waals surface area (Å²) in [6.45, 7) is 0.279. The molecule has 2 aromatic rings. The lowest BCUT2D eigenvalue weighted by Crippen LogP contribution is -2.25. The monoisotopic (exact) mass is 275 g/mol. The van der Waals surface area contributed by atoms with Gasteiger partial charge in [-0.15, -0.1) is 0 Å². The van der Waals surface area contributed by atoms with Crippen LogP contribution in [0.25, 0.3) is 0 Å². The van der Waals surface area contributed by atoms with Gasteiger partial charge in [0.15, 0.2) is 0 Å². The average Bonchev–Trinajstić information content (AvgIpc) is 2.47. The second-order valence-electron chi connectivity index (χ2n) is 4.59. The number of halogens is 1. The van der Waals surface area contributed by atoms with Crippen LogP contribution in [0, 0.1) is 5.82 Å². The van der Waals surface area contributed by atoms with Crippen molar-refractivity contribution in [2.45, 2.75) is 6.10 Å². The van der Waals surface area contributed by atoms with Gasteiger partial charge in [0.25, 0.3) is 0 Å². The van der Waals surface area contributed by atoms with Crippen LogP contribution in [-0.2, 0) is 0 Å². The van der Waals surface area contributed by atoms with E-state index in [1.54, 1.807) is 49.4 Å². The zero-order valence-electron chi connectivity index (χ0n) is 11.6. The van der Waals surface area contributed by atoms with E-state index in [-0.39, 0.29) is 12.4 Å². The van der Waals surface area contributed by atoms with Gasteiger partial charge in [0.2, 0.25) is 0 Å². The van der Waals surface area contributed by atoms with Crippen LogP contribution in [0.3, 0.4) is 0 Å². The van der Waals surface area contributed by atoms with Gasteiger partial charge in [-0.25, -0.2) is 4.39 Å². The van der Waals surface area contributed by atoms with E-state index < -0.39 is 6.10 Å². The van der Waals surface area contributed by atoms with E-state index in [0.29, 0.717) is 17.0 Å². The minimum atomic E-state index is -0.754. The van der Waals surface area contributed by atoms with Gasteiger partial charge < -0.3 is 14.7 Å². The molecule has 1 unspecified atom stereocenters. The van der Waals surface area contributed by atoms with E-state index in [4.69, 9.17) is 4.74 Å². The van der Waals surface area contributed by atoms with E-state index >= 15 is 0 Å². The Morgan fingerprint density at radius 2 is 1.80 bits per heavy atom. The van der Waals surface area contributed by atoms with Gasteiger partial charge in [0.05, 0.1) is 18.9 Å². The number of aliphatic hydroxyl groups is 1. The van der Waals surface area contributed by atoms with Crippen molar-refractivity contribution in [3.63, 3.8) is 0 Å². The largest absolute Gasteiger partial charge is 0.496 e. The molecule has 0 aliphatic carbocycles. The van der Waals surface area contributed by atoms with Crippen molar-refractivity contribution in [1.29, 1.82) is 0 Å². The highest BCUT2D eigenvalue weighted by Gasteiger charge is 2.16. The highest BCUT2D eigenvalue weighted by Crippen LogP contribution is 2.27. The number of aliphatic hydroxyl groups excluding tert-OH is 1. The smallest absolute Gasteiger partial charge is 0.146 e. The van der Waals surface area contributed by atoms with Crippen LogP contribution < -0.4 is 9.64 Å². The Labute approximate surface area is 118 Å². The number of methoxy groups -OCH3 is 1. The highest BCUT2D eigenvalue weighted by atomic mass is 19.1. The molecule has 0 amide bonds. The maximum atomic E-state index is 13.7. The molecule has 1 atom stereocenters. The van der Waals surface area contributed by atoms with Crippen LogP contribution in [0.4, 0.5) is 10.1 Å². The van der Waals surface area contributed by atoms with Gasteiger partial charge in [0, 0.05) is 19.2 Å². The van der Waals surface area contributed by atoms with E-state index in [9.17, 15) is 9.50 Å². The van der Waals surface area contributed by atoms with Crippen LogP contribution in [0.2, 0.25) is 0 Å². The second-order valence-corrected chi connectivity index (χ2v) is 4.59. The summed E-state index contributed by atoms with van der Waals surface area (Å²) < 4.78 is 18.9. The molecule has 0 spiro atoms. The van der Waals surface area contributed by atoms with Gasteiger partial charge in [-0.3, -0.25) is 0 Å². The summed E-state index contributed by atoms with van der Waals surface area (Å²) in [5, 5.41) is 10.3. The zero-order valence-corrected chi connectivity index (χ0v) is 11.6. The third-order valence-electron chi connectivity index (χ3n) is 3.21. The molecule has 20 heavy (non-hydrogen) atoms. The Hall–Kier alpha value is -2.07. The Morgan fingerprint density at radius 1 is 1.15 bits per heavy atom. The molecule has 0 aliphatic heterocycles.